The van der Waals surface area contributed by atoms with Crippen LogP contribution in [0.3, 0.4) is 0 Å². The molecule has 2 aromatic carbocycles. The summed E-state index contributed by atoms with van der Waals surface area (Å²) in [5, 5.41) is 1.00. The Morgan fingerprint density at radius 2 is 1.77 bits per heavy atom. The summed E-state index contributed by atoms with van der Waals surface area (Å²) >= 11 is 12.3. The van der Waals surface area contributed by atoms with E-state index >= 15 is 0 Å². The molecule has 164 valence electrons. The van der Waals surface area contributed by atoms with Crippen LogP contribution in [0.1, 0.15) is 41.3 Å². The Morgan fingerprint density at radius 3 is 2.48 bits per heavy atom. The first-order valence-electron chi connectivity index (χ1n) is 10.8. The lowest BCUT2D eigenvalue weighted by Crippen LogP contribution is -2.37. The number of fused-ring (bicyclic) bond motifs is 1. The van der Waals surface area contributed by atoms with E-state index in [1.807, 2.05) is 35.2 Å². The predicted octanol–water partition coefficient (Wildman–Crippen LogP) is 4.64. The van der Waals surface area contributed by atoms with Crippen LogP contribution < -0.4 is 4.90 Å². The molecule has 31 heavy (non-hydrogen) atoms. The number of carbonyl (C=O) groups excluding carboxylic acids is 2. The van der Waals surface area contributed by atoms with Gasteiger partial charge in [0.2, 0.25) is 5.91 Å². The molecule has 2 aliphatic heterocycles. The molecule has 0 N–H and O–H groups in total. The molecule has 2 amide bonds. The molecule has 0 aliphatic carbocycles. The summed E-state index contributed by atoms with van der Waals surface area (Å²) < 4.78 is 0. The van der Waals surface area contributed by atoms with Crippen molar-refractivity contribution in [1.29, 1.82) is 0 Å². The van der Waals surface area contributed by atoms with Gasteiger partial charge in [-0.15, -0.1) is 0 Å². The fourth-order valence-electron chi connectivity index (χ4n) is 4.42. The minimum absolute atomic E-state index is 0.00524. The highest BCUT2D eigenvalue weighted by molar-refractivity contribution is 6.42. The molecule has 2 aromatic rings. The number of hydrogen-bond donors (Lipinski definition) is 0. The van der Waals surface area contributed by atoms with Crippen LogP contribution in [0.4, 0.5) is 5.69 Å². The second kappa shape index (κ2) is 9.60. The van der Waals surface area contributed by atoms with Gasteiger partial charge in [0, 0.05) is 44.4 Å². The average molecular weight is 460 g/mol. The molecule has 1 fully saturated rings. The van der Waals surface area contributed by atoms with Gasteiger partial charge in [-0.25, -0.2) is 0 Å². The van der Waals surface area contributed by atoms with Gasteiger partial charge in [-0.1, -0.05) is 29.3 Å². The van der Waals surface area contributed by atoms with E-state index in [0.717, 1.165) is 42.9 Å². The van der Waals surface area contributed by atoms with E-state index in [4.69, 9.17) is 23.2 Å². The molecule has 0 unspecified atom stereocenters. The number of amides is 2. The van der Waals surface area contributed by atoms with Crippen molar-refractivity contribution >= 4 is 40.7 Å². The van der Waals surface area contributed by atoms with Crippen molar-refractivity contribution in [3.05, 3.63) is 63.1 Å². The third-order valence-corrected chi connectivity index (χ3v) is 6.87. The van der Waals surface area contributed by atoms with Gasteiger partial charge >= 0.3 is 0 Å². The van der Waals surface area contributed by atoms with Gasteiger partial charge in [0.05, 0.1) is 10.0 Å². The number of hydrogen-bond acceptors (Lipinski definition) is 3. The maximum absolute atomic E-state index is 13.5. The van der Waals surface area contributed by atoms with Crippen molar-refractivity contribution < 1.29 is 9.59 Å². The third kappa shape index (κ3) is 5.05. The van der Waals surface area contributed by atoms with Crippen LogP contribution in [-0.4, -0.2) is 54.3 Å². The first-order chi connectivity index (χ1) is 14.9. The summed E-state index contributed by atoms with van der Waals surface area (Å²) in [6, 6.07) is 11.2. The van der Waals surface area contributed by atoms with Crippen LogP contribution in [-0.2, 0) is 17.8 Å². The minimum Gasteiger partial charge on any atom is -0.333 e. The van der Waals surface area contributed by atoms with Crippen molar-refractivity contribution in [3.8, 4) is 0 Å². The Bertz CT molecular complexity index is 989. The van der Waals surface area contributed by atoms with Gasteiger partial charge in [-0.2, -0.15) is 0 Å². The Labute approximate surface area is 193 Å². The molecule has 1 saturated heterocycles. The molecule has 5 nitrogen and oxygen atoms in total. The Balaban J connectivity index is 1.55. The topological polar surface area (TPSA) is 43.9 Å². The predicted molar refractivity (Wildman–Crippen MR) is 125 cm³/mol. The molecule has 0 saturated carbocycles. The van der Waals surface area contributed by atoms with Crippen molar-refractivity contribution in [3.63, 3.8) is 0 Å². The van der Waals surface area contributed by atoms with E-state index in [9.17, 15) is 9.59 Å². The highest BCUT2D eigenvalue weighted by Gasteiger charge is 2.25. The van der Waals surface area contributed by atoms with Gasteiger partial charge in [0.15, 0.2) is 0 Å². The number of halogens is 2. The smallest absolute Gasteiger partial charge is 0.254 e. The molecule has 4 rings (SSSR count). The highest BCUT2D eigenvalue weighted by Crippen LogP contribution is 2.30. The average Bonchev–Trinajstić information content (AvgIpc) is 3.42. The summed E-state index contributed by atoms with van der Waals surface area (Å²) in [7, 11) is 0. The molecule has 2 aliphatic rings. The van der Waals surface area contributed by atoms with Crippen molar-refractivity contribution in [2.24, 2.45) is 0 Å². The molecule has 2 heterocycles. The van der Waals surface area contributed by atoms with Crippen LogP contribution >= 0.6 is 23.2 Å². The monoisotopic (exact) mass is 459 g/mol. The molecular formula is C24H27Cl2N3O2. The lowest BCUT2D eigenvalue weighted by molar-refractivity contribution is -0.116. The van der Waals surface area contributed by atoms with E-state index in [0.29, 0.717) is 35.2 Å². The zero-order valence-electron chi connectivity index (χ0n) is 17.7. The van der Waals surface area contributed by atoms with E-state index < -0.39 is 0 Å². The zero-order valence-corrected chi connectivity index (χ0v) is 19.3. The largest absolute Gasteiger partial charge is 0.333 e. The molecule has 7 heteroatoms. The second-order valence-electron chi connectivity index (χ2n) is 8.29. The first kappa shape index (κ1) is 22.1. The van der Waals surface area contributed by atoms with Gasteiger partial charge in [0.25, 0.3) is 5.91 Å². The normalized spacial score (nSPS) is 15.9. The van der Waals surface area contributed by atoms with Crippen LogP contribution in [0.15, 0.2) is 36.4 Å². The molecule has 0 radical (unpaired) electrons. The van der Waals surface area contributed by atoms with Crippen molar-refractivity contribution in [1.82, 2.24) is 9.80 Å². The van der Waals surface area contributed by atoms with Gasteiger partial charge in [-0.3, -0.25) is 9.59 Å². The fraction of sp³-hybridized carbons (Fsp3) is 0.417. The number of carbonyl (C=O) groups is 2. The zero-order chi connectivity index (χ0) is 22.0. The van der Waals surface area contributed by atoms with E-state index in [-0.39, 0.29) is 11.8 Å². The van der Waals surface area contributed by atoms with Crippen LogP contribution in [0.2, 0.25) is 10.0 Å². The maximum atomic E-state index is 13.5. The molecule has 0 aromatic heterocycles. The van der Waals surface area contributed by atoms with Crippen LogP contribution in [0, 0.1) is 0 Å². The summed E-state index contributed by atoms with van der Waals surface area (Å²) in [6.45, 7) is 6.41. The SMILES string of the molecule is CC(=O)N1CCc2cc(C(=O)N(CCN3CCCC3)Cc3ccc(Cl)c(Cl)c3)ccc21. The Kier molecular flexibility index (Phi) is 6.85. The number of anilines is 1. The molecule has 0 atom stereocenters. The van der Waals surface area contributed by atoms with E-state index in [1.54, 1.807) is 17.9 Å². The van der Waals surface area contributed by atoms with Crippen molar-refractivity contribution in [2.75, 3.05) is 37.6 Å². The number of likely N-dealkylation sites (tertiary alicyclic amines) is 1. The van der Waals surface area contributed by atoms with Gasteiger partial charge in [0.1, 0.15) is 0 Å². The van der Waals surface area contributed by atoms with Crippen LogP contribution in [0.25, 0.3) is 0 Å². The number of rotatable bonds is 6. The summed E-state index contributed by atoms with van der Waals surface area (Å²) in [5.41, 5.74) is 3.57. The summed E-state index contributed by atoms with van der Waals surface area (Å²) in [5.74, 6) is 0.0269. The van der Waals surface area contributed by atoms with Crippen LogP contribution in [0.5, 0.6) is 0 Å². The van der Waals surface area contributed by atoms with E-state index in [1.165, 1.54) is 12.8 Å². The number of benzene rings is 2. The quantitative estimate of drug-likeness (QED) is 0.631. The second-order valence-corrected chi connectivity index (χ2v) is 9.10. The maximum Gasteiger partial charge on any atom is 0.254 e. The fourth-order valence-corrected chi connectivity index (χ4v) is 4.74. The summed E-state index contributed by atoms with van der Waals surface area (Å²) in [4.78, 5) is 31.4. The minimum atomic E-state index is -0.00524. The van der Waals surface area contributed by atoms with Gasteiger partial charge in [-0.05, 0) is 73.8 Å². The lowest BCUT2D eigenvalue weighted by atomic mass is 10.1. The molecular weight excluding hydrogens is 433 g/mol. The lowest BCUT2D eigenvalue weighted by Gasteiger charge is -2.26. The Hall–Kier alpha value is -2.08. The number of nitrogens with zero attached hydrogens (tertiary/aromatic N) is 3. The molecule has 0 spiro atoms. The third-order valence-electron chi connectivity index (χ3n) is 6.13. The van der Waals surface area contributed by atoms with E-state index in [2.05, 4.69) is 4.90 Å². The standard InChI is InChI=1S/C24H27Cl2N3O2/c1-17(30)29-11-8-19-15-20(5-7-23(19)29)24(31)28(13-12-27-9-2-3-10-27)16-18-4-6-21(25)22(26)14-18/h4-7,14-15H,2-3,8-13,16H2,1H3. The van der Waals surface area contributed by atoms with Gasteiger partial charge < -0.3 is 14.7 Å². The first-order valence-corrected chi connectivity index (χ1v) is 11.5. The highest BCUT2D eigenvalue weighted by atomic mass is 35.5. The molecule has 0 bridgehead atoms. The summed E-state index contributed by atoms with van der Waals surface area (Å²) in [6.07, 6.45) is 3.22. The van der Waals surface area contributed by atoms with Crippen molar-refractivity contribution in [2.45, 2.75) is 32.7 Å². The Morgan fingerprint density at radius 1 is 1.00 bits per heavy atom.